The molecule has 1 N–H and O–H groups in total. The van der Waals surface area contributed by atoms with Gasteiger partial charge < -0.3 is 19.9 Å². The molecule has 2 aliphatic heterocycles. The van der Waals surface area contributed by atoms with Crippen LogP contribution in [0.5, 0.6) is 5.75 Å². The van der Waals surface area contributed by atoms with Crippen LogP contribution in [-0.4, -0.2) is 53.0 Å². The molecular formula is C24H30N4O3S. The Balaban J connectivity index is 1.77. The molecule has 0 bridgehead atoms. The van der Waals surface area contributed by atoms with Crippen molar-refractivity contribution in [3.63, 3.8) is 0 Å². The van der Waals surface area contributed by atoms with Gasteiger partial charge in [0.1, 0.15) is 5.75 Å². The largest absolute Gasteiger partial charge is 0.496 e. The Morgan fingerprint density at radius 2 is 1.97 bits per heavy atom. The number of aliphatic imine (C=N–C) groups is 1. The van der Waals surface area contributed by atoms with E-state index in [0.717, 1.165) is 29.3 Å². The number of carbonyl (C=O) groups is 2. The van der Waals surface area contributed by atoms with Crippen LogP contribution in [0.1, 0.15) is 51.6 Å². The summed E-state index contributed by atoms with van der Waals surface area (Å²) in [6.07, 6.45) is 2.34. The van der Waals surface area contributed by atoms with E-state index in [4.69, 9.17) is 9.73 Å². The highest BCUT2D eigenvalue weighted by Crippen LogP contribution is 2.47. The van der Waals surface area contributed by atoms with E-state index >= 15 is 0 Å². The standard InChI is InChI=1S/C24H30N4O3S/c1-5-27(6-2)23(30)21-15(3)25-24-28(22(21)18-9-7-8-10-19(18)31-4)17(14-32-24)13-20(29)26-16-11-12-16/h7-10,14,16,22H,5-6,11-13H2,1-4H3,(H,26,29). The van der Waals surface area contributed by atoms with E-state index < -0.39 is 6.04 Å². The number of allylic oxidation sites excluding steroid dienone is 1. The highest BCUT2D eigenvalue weighted by atomic mass is 32.2. The van der Waals surface area contributed by atoms with Crippen molar-refractivity contribution in [2.45, 2.75) is 52.1 Å². The monoisotopic (exact) mass is 454 g/mol. The number of ether oxygens (including phenoxy) is 1. The van der Waals surface area contributed by atoms with Gasteiger partial charge in [-0.1, -0.05) is 30.0 Å². The number of nitrogens with one attached hydrogen (secondary N) is 1. The van der Waals surface area contributed by atoms with Gasteiger partial charge in [0.15, 0.2) is 5.17 Å². The first-order valence-corrected chi connectivity index (χ1v) is 12.0. The van der Waals surface area contributed by atoms with Gasteiger partial charge in [0.2, 0.25) is 5.91 Å². The summed E-state index contributed by atoms with van der Waals surface area (Å²) in [6, 6.07) is 7.65. The predicted octanol–water partition coefficient (Wildman–Crippen LogP) is 3.81. The third-order valence-electron chi connectivity index (χ3n) is 6.00. The van der Waals surface area contributed by atoms with Crippen LogP contribution in [0.4, 0.5) is 0 Å². The first kappa shape index (κ1) is 22.5. The van der Waals surface area contributed by atoms with E-state index in [1.165, 1.54) is 11.8 Å². The number of benzene rings is 1. The lowest BCUT2D eigenvalue weighted by molar-refractivity contribution is -0.127. The van der Waals surface area contributed by atoms with Crippen molar-refractivity contribution in [2.75, 3.05) is 20.2 Å². The number of carbonyl (C=O) groups excluding carboxylic acids is 2. The molecule has 2 amide bonds. The van der Waals surface area contributed by atoms with Crippen LogP contribution >= 0.6 is 11.8 Å². The summed E-state index contributed by atoms with van der Waals surface area (Å²) in [6.45, 7) is 7.07. The molecule has 1 unspecified atom stereocenters. The third-order valence-corrected chi connectivity index (χ3v) is 6.89. The fraction of sp³-hybridized carbons (Fsp3) is 0.458. The Bertz CT molecular complexity index is 1010. The molecule has 1 atom stereocenters. The van der Waals surface area contributed by atoms with Crippen LogP contribution in [0, 0.1) is 0 Å². The SMILES string of the molecule is CCN(CC)C(=O)C1=C(C)N=C2SC=C(CC(=O)NC3CC3)N2C1c1ccccc1OC. The van der Waals surface area contributed by atoms with Crippen molar-refractivity contribution in [1.29, 1.82) is 0 Å². The molecule has 2 heterocycles. The maximum absolute atomic E-state index is 13.7. The fourth-order valence-electron chi connectivity index (χ4n) is 4.18. The zero-order chi connectivity index (χ0) is 22.8. The molecule has 1 aromatic rings. The maximum atomic E-state index is 13.7. The number of likely N-dealkylation sites (N-methyl/N-ethyl adjacent to an activating group) is 1. The summed E-state index contributed by atoms with van der Waals surface area (Å²) >= 11 is 1.49. The van der Waals surface area contributed by atoms with Crippen LogP contribution in [-0.2, 0) is 9.59 Å². The predicted molar refractivity (Wildman–Crippen MR) is 127 cm³/mol. The van der Waals surface area contributed by atoms with Crippen molar-refractivity contribution >= 4 is 28.7 Å². The van der Waals surface area contributed by atoms with E-state index in [9.17, 15) is 9.59 Å². The zero-order valence-electron chi connectivity index (χ0n) is 19.1. The minimum atomic E-state index is -0.415. The Morgan fingerprint density at radius 1 is 1.25 bits per heavy atom. The molecule has 1 fully saturated rings. The number of amides is 2. The van der Waals surface area contributed by atoms with Gasteiger partial charge in [0.25, 0.3) is 5.91 Å². The van der Waals surface area contributed by atoms with Crippen LogP contribution in [0.15, 0.2) is 51.6 Å². The second-order valence-electron chi connectivity index (χ2n) is 8.13. The molecule has 3 aliphatic rings. The summed E-state index contributed by atoms with van der Waals surface area (Å²) < 4.78 is 5.68. The number of para-hydroxylation sites is 1. The average molecular weight is 455 g/mol. The van der Waals surface area contributed by atoms with Crippen LogP contribution < -0.4 is 10.1 Å². The summed E-state index contributed by atoms with van der Waals surface area (Å²) in [5, 5.41) is 5.82. The molecular weight excluding hydrogens is 424 g/mol. The fourth-order valence-corrected chi connectivity index (χ4v) is 5.15. The Kier molecular flexibility index (Phi) is 6.60. The molecule has 8 heteroatoms. The van der Waals surface area contributed by atoms with Gasteiger partial charge in [0.05, 0.1) is 30.8 Å². The number of thioether (sulfide) groups is 1. The highest BCUT2D eigenvalue weighted by molar-refractivity contribution is 8.16. The quantitative estimate of drug-likeness (QED) is 0.647. The lowest BCUT2D eigenvalue weighted by Gasteiger charge is -2.38. The number of nitrogens with zero attached hydrogens (tertiary/aromatic N) is 3. The normalized spacial score (nSPS) is 19.9. The van der Waals surface area contributed by atoms with E-state index in [2.05, 4.69) is 5.32 Å². The second-order valence-corrected chi connectivity index (χ2v) is 8.97. The number of methoxy groups -OCH3 is 1. The van der Waals surface area contributed by atoms with Gasteiger partial charge in [-0.2, -0.15) is 0 Å². The summed E-state index contributed by atoms with van der Waals surface area (Å²) in [5.74, 6) is 0.669. The minimum Gasteiger partial charge on any atom is -0.496 e. The van der Waals surface area contributed by atoms with Crippen molar-refractivity contribution in [1.82, 2.24) is 15.1 Å². The molecule has 4 rings (SSSR count). The lowest BCUT2D eigenvalue weighted by Crippen LogP contribution is -2.42. The van der Waals surface area contributed by atoms with Crippen LogP contribution in [0.2, 0.25) is 0 Å². The van der Waals surface area contributed by atoms with Crippen molar-refractivity contribution < 1.29 is 14.3 Å². The number of hydrogen-bond donors (Lipinski definition) is 1. The molecule has 0 aromatic heterocycles. The molecule has 32 heavy (non-hydrogen) atoms. The summed E-state index contributed by atoms with van der Waals surface area (Å²) in [4.78, 5) is 34.9. The van der Waals surface area contributed by atoms with Crippen molar-refractivity contribution in [3.8, 4) is 5.75 Å². The van der Waals surface area contributed by atoms with Crippen LogP contribution in [0.3, 0.4) is 0 Å². The number of rotatable bonds is 8. The second kappa shape index (κ2) is 9.40. The van der Waals surface area contributed by atoms with E-state index in [1.807, 2.05) is 60.2 Å². The van der Waals surface area contributed by atoms with Gasteiger partial charge in [-0.3, -0.25) is 9.59 Å². The van der Waals surface area contributed by atoms with Gasteiger partial charge in [-0.05, 0) is 45.1 Å². The van der Waals surface area contributed by atoms with Gasteiger partial charge in [0, 0.05) is 30.4 Å². The van der Waals surface area contributed by atoms with Crippen LogP contribution in [0.25, 0.3) is 0 Å². The lowest BCUT2D eigenvalue weighted by atomic mass is 9.92. The maximum Gasteiger partial charge on any atom is 0.254 e. The average Bonchev–Trinajstić information content (AvgIpc) is 3.52. The highest BCUT2D eigenvalue weighted by Gasteiger charge is 2.42. The van der Waals surface area contributed by atoms with Gasteiger partial charge in [-0.15, -0.1) is 0 Å². The van der Waals surface area contributed by atoms with E-state index in [0.29, 0.717) is 36.2 Å². The number of amidine groups is 1. The number of hydrogen-bond acceptors (Lipinski definition) is 6. The first-order valence-electron chi connectivity index (χ1n) is 11.1. The Hall–Kier alpha value is -2.74. The minimum absolute atomic E-state index is 0.00210. The zero-order valence-corrected chi connectivity index (χ0v) is 19.9. The van der Waals surface area contributed by atoms with Crippen molar-refractivity contribution in [2.24, 2.45) is 4.99 Å². The van der Waals surface area contributed by atoms with Gasteiger partial charge in [-0.25, -0.2) is 4.99 Å². The molecule has 0 spiro atoms. The molecule has 1 aromatic carbocycles. The molecule has 0 saturated heterocycles. The first-order chi connectivity index (χ1) is 15.5. The third kappa shape index (κ3) is 4.28. The molecule has 1 aliphatic carbocycles. The van der Waals surface area contributed by atoms with E-state index in [-0.39, 0.29) is 18.2 Å². The van der Waals surface area contributed by atoms with Gasteiger partial charge >= 0.3 is 0 Å². The molecule has 170 valence electrons. The summed E-state index contributed by atoms with van der Waals surface area (Å²) in [7, 11) is 1.64. The smallest absolute Gasteiger partial charge is 0.254 e. The Morgan fingerprint density at radius 3 is 2.62 bits per heavy atom. The Labute approximate surface area is 193 Å². The topological polar surface area (TPSA) is 74.2 Å². The van der Waals surface area contributed by atoms with E-state index in [1.54, 1.807) is 7.11 Å². The molecule has 7 nitrogen and oxygen atoms in total. The number of fused-ring (bicyclic) bond motifs is 1. The molecule has 1 saturated carbocycles. The summed E-state index contributed by atoms with van der Waals surface area (Å²) in [5.41, 5.74) is 3.06. The van der Waals surface area contributed by atoms with Crippen molar-refractivity contribution in [3.05, 3.63) is 52.2 Å². The molecule has 0 radical (unpaired) electrons.